The van der Waals surface area contributed by atoms with E-state index in [1.165, 1.54) is 16.2 Å². The number of amides is 1. The maximum Gasteiger partial charge on any atom is 0.407 e. The molecule has 1 amide bonds. The lowest BCUT2D eigenvalue weighted by atomic mass is 10.0. The summed E-state index contributed by atoms with van der Waals surface area (Å²) in [6, 6.07) is -0.144. The van der Waals surface area contributed by atoms with Gasteiger partial charge in [0.15, 0.2) is 8.32 Å². The third kappa shape index (κ3) is 4.41. The lowest BCUT2D eigenvalue weighted by Gasteiger charge is -2.39. The minimum absolute atomic E-state index is 0.111. The molecule has 134 valence electrons. The van der Waals surface area contributed by atoms with Crippen LogP contribution in [0.15, 0.2) is 15.8 Å². The van der Waals surface area contributed by atoms with Crippen LogP contribution in [0, 0.1) is 0 Å². The first-order valence-corrected chi connectivity index (χ1v) is 12.2. The topological polar surface area (TPSA) is 62.7 Å². The molecule has 0 radical (unpaired) electrons. The number of rotatable bonds is 4. The Morgan fingerprint density at radius 2 is 2.21 bits per heavy atom. The fourth-order valence-corrected chi connectivity index (χ4v) is 4.16. The summed E-state index contributed by atoms with van der Waals surface area (Å²) in [5.41, 5.74) is 1.76. The van der Waals surface area contributed by atoms with Crippen LogP contribution < -0.4 is 0 Å². The summed E-state index contributed by atoms with van der Waals surface area (Å²) in [6.45, 7) is 11.7. The molecule has 0 saturated heterocycles. The first-order valence-electron chi connectivity index (χ1n) is 7.98. The van der Waals surface area contributed by atoms with Crippen LogP contribution in [-0.4, -0.2) is 48.6 Å². The highest BCUT2D eigenvalue weighted by Gasteiger charge is 2.39. The van der Waals surface area contributed by atoms with Crippen molar-refractivity contribution in [1.82, 2.24) is 9.88 Å². The zero-order valence-electron chi connectivity index (χ0n) is 14.9. The smallest absolute Gasteiger partial charge is 0.407 e. The second-order valence-corrected chi connectivity index (χ2v) is 14.0. The Labute approximate surface area is 154 Å². The molecule has 0 unspecified atom stereocenters. The van der Waals surface area contributed by atoms with Gasteiger partial charge in [0.1, 0.15) is 4.34 Å². The summed E-state index contributed by atoms with van der Waals surface area (Å²) in [5.74, 6) is 0. The molecule has 1 aliphatic heterocycles. The molecule has 5 nitrogen and oxygen atoms in total. The number of carboxylic acid groups (broad SMARTS) is 1. The minimum Gasteiger partial charge on any atom is -0.465 e. The summed E-state index contributed by atoms with van der Waals surface area (Å²) in [7, 11) is -1.89. The van der Waals surface area contributed by atoms with Crippen LogP contribution in [0.2, 0.25) is 18.1 Å². The standard InChI is InChI=1S/C16H26N2O3S2Si/c1-16(2,3)24(4,5)21-9-12-7-6-11(8-18(12)15(19)20)13-10-23-14(22)17-13/h6,10,12H,7-9H2,1-5H3,(H,17,22)(H,19,20)/t12-/m0/s1. The van der Waals surface area contributed by atoms with E-state index in [2.05, 4.69) is 57.6 Å². The monoisotopic (exact) mass is 386 g/mol. The van der Waals surface area contributed by atoms with Crippen LogP contribution in [0.4, 0.5) is 4.79 Å². The molecular weight excluding hydrogens is 360 g/mol. The molecule has 2 heterocycles. The van der Waals surface area contributed by atoms with Gasteiger partial charge in [-0.2, -0.15) is 0 Å². The Kier molecular flexibility index (Phi) is 5.84. The largest absolute Gasteiger partial charge is 0.465 e. The van der Waals surface area contributed by atoms with Gasteiger partial charge in [0.05, 0.1) is 24.9 Å². The Morgan fingerprint density at radius 1 is 1.54 bits per heavy atom. The van der Waals surface area contributed by atoms with E-state index in [0.29, 0.717) is 23.9 Å². The Morgan fingerprint density at radius 3 is 2.71 bits per heavy atom. The number of nitrogens with zero attached hydrogens (tertiary/aromatic N) is 2. The summed E-state index contributed by atoms with van der Waals surface area (Å²) in [5, 5.41) is 11.6. The van der Waals surface area contributed by atoms with Crippen molar-refractivity contribution in [3.05, 3.63) is 17.2 Å². The highest BCUT2D eigenvalue weighted by Crippen LogP contribution is 2.37. The molecule has 1 atom stereocenters. The average Bonchev–Trinajstić information content (AvgIpc) is 2.90. The van der Waals surface area contributed by atoms with Gasteiger partial charge in [-0.05, 0) is 30.1 Å². The van der Waals surface area contributed by atoms with E-state index in [1.807, 2.05) is 5.38 Å². The van der Waals surface area contributed by atoms with Gasteiger partial charge in [-0.1, -0.05) is 26.8 Å². The van der Waals surface area contributed by atoms with Gasteiger partial charge in [0.2, 0.25) is 0 Å². The quantitative estimate of drug-likeness (QED) is 0.587. The van der Waals surface area contributed by atoms with Gasteiger partial charge in [-0.25, -0.2) is 9.78 Å². The predicted octanol–water partition coefficient (Wildman–Crippen LogP) is 4.59. The predicted molar refractivity (Wildman–Crippen MR) is 104 cm³/mol. The normalized spacial score (nSPS) is 19.3. The van der Waals surface area contributed by atoms with E-state index in [9.17, 15) is 9.90 Å². The van der Waals surface area contributed by atoms with Gasteiger partial charge in [0.25, 0.3) is 0 Å². The van der Waals surface area contributed by atoms with Crippen molar-refractivity contribution in [2.45, 2.75) is 55.7 Å². The number of thiazole rings is 1. The minimum atomic E-state index is -1.89. The van der Waals surface area contributed by atoms with E-state index < -0.39 is 14.4 Å². The van der Waals surface area contributed by atoms with E-state index in [4.69, 9.17) is 4.43 Å². The highest BCUT2D eigenvalue weighted by atomic mass is 32.2. The first kappa shape index (κ1) is 19.5. The van der Waals surface area contributed by atoms with Crippen LogP contribution in [0.3, 0.4) is 0 Å². The molecule has 1 aromatic heterocycles. The molecule has 2 rings (SSSR count). The molecule has 0 aromatic carbocycles. The van der Waals surface area contributed by atoms with Crippen LogP contribution in [-0.2, 0) is 4.43 Å². The maximum absolute atomic E-state index is 11.7. The van der Waals surface area contributed by atoms with Crippen molar-refractivity contribution in [3.63, 3.8) is 0 Å². The SMILES string of the molecule is CC(C)(C)[Si](C)(C)OC[C@@H]1CC=C(c2csc(S)n2)CN1C(=O)O. The fraction of sp³-hybridized carbons (Fsp3) is 0.625. The van der Waals surface area contributed by atoms with Crippen molar-refractivity contribution >= 4 is 43.9 Å². The summed E-state index contributed by atoms with van der Waals surface area (Å²) >= 11 is 5.68. The van der Waals surface area contributed by atoms with Gasteiger partial charge in [-0.15, -0.1) is 24.0 Å². The lowest BCUT2D eigenvalue weighted by Crippen LogP contribution is -2.49. The van der Waals surface area contributed by atoms with E-state index in [1.54, 1.807) is 0 Å². The van der Waals surface area contributed by atoms with Crippen LogP contribution in [0.5, 0.6) is 0 Å². The van der Waals surface area contributed by atoms with Gasteiger partial charge in [0, 0.05) is 5.38 Å². The summed E-state index contributed by atoms with van der Waals surface area (Å²) in [4.78, 5) is 17.5. The third-order valence-corrected chi connectivity index (χ3v) is 10.5. The van der Waals surface area contributed by atoms with Gasteiger partial charge < -0.3 is 9.53 Å². The number of aromatic nitrogens is 1. The van der Waals surface area contributed by atoms with Crippen molar-refractivity contribution in [3.8, 4) is 0 Å². The molecular formula is C16H26N2O3S2Si. The molecule has 0 fully saturated rings. The molecule has 0 spiro atoms. The number of thiol groups is 1. The Balaban J connectivity index is 2.10. The molecule has 0 bridgehead atoms. The summed E-state index contributed by atoms with van der Waals surface area (Å²) in [6.07, 6.45) is 1.82. The second-order valence-electron chi connectivity index (χ2n) is 7.62. The molecule has 8 heteroatoms. The maximum atomic E-state index is 11.7. The zero-order valence-corrected chi connectivity index (χ0v) is 17.6. The summed E-state index contributed by atoms with van der Waals surface area (Å²) < 4.78 is 6.93. The van der Waals surface area contributed by atoms with Crippen molar-refractivity contribution in [1.29, 1.82) is 0 Å². The zero-order chi connectivity index (χ0) is 18.1. The number of hydrogen-bond donors (Lipinski definition) is 2. The van der Waals surface area contributed by atoms with E-state index in [0.717, 1.165) is 11.3 Å². The van der Waals surface area contributed by atoms with Crippen LogP contribution >= 0.6 is 24.0 Å². The first-order chi connectivity index (χ1) is 11.0. The van der Waals surface area contributed by atoms with Gasteiger partial charge >= 0.3 is 6.09 Å². The molecule has 1 aliphatic rings. The van der Waals surface area contributed by atoms with Gasteiger partial charge in [-0.3, -0.25) is 4.90 Å². The van der Waals surface area contributed by atoms with E-state index in [-0.39, 0.29) is 11.1 Å². The fourth-order valence-electron chi connectivity index (χ4n) is 2.28. The molecule has 0 saturated carbocycles. The second kappa shape index (κ2) is 7.19. The third-order valence-electron chi connectivity index (χ3n) is 4.93. The van der Waals surface area contributed by atoms with Crippen molar-refractivity contribution in [2.75, 3.05) is 13.2 Å². The molecule has 24 heavy (non-hydrogen) atoms. The highest BCUT2D eigenvalue weighted by molar-refractivity contribution is 7.82. The Bertz CT molecular complexity index is 638. The van der Waals surface area contributed by atoms with Crippen molar-refractivity contribution < 1.29 is 14.3 Å². The number of carbonyl (C=O) groups is 1. The van der Waals surface area contributed by atoms with E-state index >= 15 is 0 Å². The molecule has 0 aliphatic carbocycles. The average molecular weight is 387 g/mol. The van der Waals surface area contributed by atoms with Crippen LogP contribution in [0.1, 0.15) is 32.9 Å². The van der Waals surface area contributed by atoms with Crippen LogP contribution in [0.25, 0.3) is 5.57 Å². The Hall–Kier alpha value is -0.833. The number of hydrogen-bond acceptors (Lipinski definition) is 5. The van der Waals surface area contributed by atoms with Crippen molar-refractivity contribution in [2.24, 2.45) is 0 Å². The molecule has 1 N–H and O–H groups in total. The molecule has 1 aromatic rings. The lowest BCUT2D eigenvalue weighted by molar-refractivity contribution is 0.106.